The summed E-state index contributed by atoms with van der Waals surface area (Å²) in [5, 5.41) is 10.7. The van der Waals surface area contributed by atoms with Crippen LogP contribution in [0.3, 0.4) is 0 Å². The minimum atomic E-state index is -4.43. The number of benzene rings is 1. The summed E-state index contributed by atoms with van der Waals surface area (Å²) in [7, 11) is 1.53. The van der Waals surface area contributed by atoms with Gasteiger partial charge in [-0.15, -0.1) is 10.2 Å². The van der Waals surface area contributed by atoms with Crippen LogP contribution in [0.2, 0.25) is 0 Å². The van der Waals surface area contributed by atoms with E-state index in [2.05, 4.69) is 25.5 Å². The second-order valence-electron chi connectivity index (χ2n) is 7.79. The van der Waals surface area contributed by atoms with E-state index in [0.29, 0.717) is 5.69 Å². The van der Waals surface area contributed by atoms with Gasteiger partial charge in [-0.1, -0.05) is 0 Å². The highest BCUT2D eigenvalue weighted by Gasteiger charge is 2.30. The topological polar surface area (TPSA) is 106 Å². The molecule has 9 nitrogen and oxygen atoms in total. The van der Waals surface area contributed by atoms with Crippen molar-refractivity contribution < 1.29 is 27.1 Å². The van der Waals surface area contributed by atoms with Crippen LogP contribution in [0.4, 0.5) is 29.5 Å². The van der Waals surface area contributed by atoms with Crippen molar-refractivity contribution in [2.75, 3.05) is 12.4 Å². The maximum absolute atomic E-state index is 12.8. The molecule has 0 radical (unpaired) electrons. The number of hydrogen-bond acceptors (Lipinski definition) is 8. The number of hydrogen-bond donors (Lipinski definition) is 1. The Labute approximate surface area is 181 Å². The highest BCUT2D eigenvalue weighted by Crippen LogP contribution is 2.31. The zero-order valence-corrected chi connectivity index (χ0v) is 17.8. The van der Waals surface area contributed by atoms with Gasteiger partial charge < -0.3 is 19.4 Å². The number of nitrogens with zero attached hydrogens (tertiary/aromatic N) is 5. The van der Waals surface area contributed by atoms with E-state index in [1.165, 1.54) is 36.5 Å². The molecular formula is C20H21F3N6O3. The van der Waals surface area contributed by atoms with E-state index in [0.717, 1.165) is 12.1 Å². The summed E-state index contributed by atoms with van der Waals surface area (Å²) < 4.78 is 49.1. The summed E-state index contributed by atoms with van der Waals surface area (Å²) in [5.74, 6) is 0.377. The monoisotopic (exact) mass is 450 g/mol. The number of rotatable bonds is 5. The van der Waals surface area contributed by atoms with Gasteiger partial charge in [0.15, 0.2) is 11.5 Å². The average molecular weight is 450 g/mol. The Bertz CT molecular complexity index is 1080. The lowest BCUT2D eigenvalue weighted by Crippen LogP contribution is -2.33. The Kier molecular flexibility index (Phi) is 6.32. The molecule has 0 aliphatic heterocycles. The van der Waals surface area contributed by atoms with Gasteiger partial charge in [-0.05, 0) is 45.0 Å². The summed E-state index contributed by atoms with van der Waals surface area (Å²) >= 11 is 0. The molecule has 0 unspecified atom stereocenters. The number of nitrogens with one attached hydrogen (secondary N) is 1. The quantitative estimate of drug-likeness (QED) is 0.598. The lowest BCUT2D eigenvalue weighted by Gasteiger charge is -2.23. The van der Waals surface area contributed by atoms with Crippen LogP contribution in [-0.2, 0) is 17.5 Å². The molecule has 1 aromatic carbocycles. The fourth-order valence-corrected chi connectivity index (χ4v) is 2.49. The Balaban J connectivity index is 1.75. The molecule has 0 aliphatic rings. The molecule has 1 N–H and O–H groups in total. The van der Waals surface area contributed by atoms with Crippen molar-refractivity contribution >= 4 is 17.6 Å². The average Bonchev–Trinajstić information content (AvgIpc) is 3.15. The van der Waals surface area contributed by atoms with Crippen molar-refractivity contribution in [1.82, 2.24) is 25.1 Å². The molecule has 2 aromatic heterocycles. The molecule has 0 fully saturated rings. The van der Waals surface area contributed by atoms with Crippen molar-refractivity contribution in [2.24, 2.45) is 0 Å². The molecule has 3 aromatic rings. The second kappa shape index (κ2) is 8.81. The van der Waals surface area contributed by atoms with Crippen LogP contribution >= 0.6 is 0 Å². The van der Waals surface area contributed by atoms with Gasteiger partial charge >= 0.3 is 12.3 Å². The molecule has 0 bridgehead atoms. The highest BCUT2D eigenvalue weighted by molar-refractivity contribution is 5.70. The van der Waals surface area contributed by atoms with Crippen molar-refractivity contribution in [1.29, 1.82) is 0 Å². The van der Waals surface area contributed by atoms with Gasteiger partial charge in [-0.25, -0.2) is 14.8 Å². The second-order valence-corrected chi connectivity index (χ2v) is 7.79. The number of aromatic nitrogens is 4. The van der Waals surface area contributed by atoms with E-state index in [9.17, 15) is 18.0 Å². The van der Waals surface area contributed by atoms with Crippen LogP contribution in [0.1, 0.15) is 32.2 Å². The van der Waals surface area contributed by atoms with Crippen LogP contribution in [0, 0.1) is 0 Å². The Morgan fingerprint density at radius 3 is 2.38 bits per heavy atom. The first kappa shape index (κ1) is 23.0. The maximum Gasteiger partial charge on any atom is 0.416 e. The predicted molar refractivity (Wildman–Crippen MR) is 108 cm³/mol. The van der Waals surface area contributed by atoms with Gasteiger partial charge in [0.25, 0.3) is 5.89 Å². The maximum atomic E-state index is 12.8. The molecule has 32 heavy (non-hydrogen) atoms. The third-order valence-corrected chi connectivity index (χ3v) is 3.92. The molecule has 0 saturated heterocycles. The van der Waals surface area contributed by atoms with Crippen molar-refractivity contribution in [3.05, 3.63) is 48.1 Å². The number of carbonyl (C=O) groups excluding carboxylic acids is 1. The normalized spacial score (nSPS) is 11.8. The summed E-state index contributed by atoms with van der Waals surface area (Å²) in [6.07, 6.45) is -2.17. The highest BCUT2D eigenvalue weighted by atomic mass is 19.4. The Hall–Kier alpha value is -3.70. The van der Waals surface area contributed by atoms with Crippen LogP contribution in [-0.4, -0.2) is 43.8 Å². The largest absolute Gasteiger partial charge is 0.444 e. The molecule has 0 saturated carbocycles. The molecule has 12 heteroatoms. The van der Waals surface area contributed by atoms with Gasteiger partial charge in [-0.3, -0.25) is 0 Å². The SMILES string of the molecule is CN(Cc1nnc(-c2nccnc2Nc2ccc(C(F)(F)F)cc2)o1)C(=O)OC(C)(C)C. The summed E-state index contributed by atoms with van der Waals surface area (Å²) in [4.78, 5) is 21.7. The number of halogens is 3. The zero-order valence-electron chi connectivity index (χ0n) is 17.8. The number of ether oxygens (including phenoxy) is 1. The van der Waals surface area contributed by atoms with Gasteiger partial charge in [0, 0.05) is 25.1 Å². The molecule has 3 rings (SSSR count). The van der Waals surface area contributed by atoms with E-state index in [4.69, 9.17) is 9.15 Å². The van der Waals surface area contributed by atoms with Gasteiger partial charge in [0.05, 0.1) is 5.56 Å². The first-order chi connectivity index (χ1) is 14.9. The van der Waals surface area contributed by atoms with E-state index >= 15 is 0 Å². The standard InChI is InChI=1S/C20H21F3N6O3/c1-19(2,3)32-18(30)29(4)11-14-27-28-17(31-14)15-16(25-10-9-24-15)26-13-7-5-12(6-8-13)20(21,22)23/h5-10H,11H2,1-4H3,(H,25,26). The van der Waals surface area contributed by atoms with Crippen molar-refractivity contribution in [3.8, 4) is 11.6 Å². The molecule has 1 amide bonds. The molecule has 2 heterocycles. The van der Waals surface area contributed by atoms with E-state index in [-0.39, 0.29) is 29.8 Å². The summed E-state index contributed by atoms with van der Waals surface area (Å²) in [5.41, 5.74) is -0.850. The lowest BCUT2D eigenvalue weighted by molar-refractivity contribution is -0.137. The number of alkyl halides is 3. The molecule has 0 spiro atoms. The summed E-state index contributed by atoms with van der Waals surface area (Å²) in [6.45, 7) is 5.26. The van der Waals surface area contributed by atoms with Gasteiger partial charge in [-0.2, -0.15) is 13.2 Å². The van der Waals surface area contributed by atoms with E-state index < -0.39 is 23.4 Å². The molecular weight excluding hydrogens is 429 g/mol. The fraction of sp³-hybridized carbons (Fsp3) is 0.350. The van der Waals surface area contributed by atoms with E-state index in [1.807, 2.05) is 0 Å². The van der Waals surface area contributed by atoms with Crippen molar-refractivity contribution in [2.45, 2.75) is 39.1 Å². The van der Waals surface area contributed by atoms with Crippen LogP contribution in [0.5, 0.6) is 0 Å². The third-order valence-electron chi connectivity index (χ3n) is 3.92. The molecule has 170 valence electrons. The van der Waals surface area contributed by atoms with Crippen LogP contribution in [0.15, 0.2) is 41.1 Å². The van der Waals surface area contributed by atoms with Gasteiger partial charge in [0.2, 0.25) is 5.89 Å². The van der Waals surface area contributed by atoms with Gasteiger partial charge in [0.1, 0.15) is 12.1 Å². The third kappa shape index (κ3) is 5.93. The van der Waals surface area contributed by atoms with Crippen LogP contribution < -0.4 is 5.32 Å². The number of anilines is 2. The lowest BCUT2D eigenvalue weighted by atomic mass is 10.2. The smallest absolute Gasteiger partial charge is 0.416 e. The molecule has 0 aliphatic carbocycles. The number of amides is 1. The Morgan fingerprint density at radius 1 is 1.09 bits per heavy atom. The zero-order chi connectivity index (χ0) is 23.5. The fourth-order valence-electron chi connectivity index (χ4n) is 2.49. The minimum Gasteiger partial charge on any atom is -0.444 e. The van der Waals surface area contributed by atoms with Crippen molar-refractivity contribution in [3.63, 3.8) is 0 Å². The van der Waals surface area contributed by atoms with E-state index in [1.54, 1.807) is 20.8 Å². The molecule has 0 atom stereocenters. The Morgan fingerprint density at radius 2 is 1.75 bits per heavy atom. The predicted octanol–water partition coefficient (Wildman–Crippen LogP) is 4.66. The summed E-state index contributed by atoms with van der Waals surface area (Å²) in [6, 6.07) is 4.46. The number of carbonyl (C=O) groups is 1. The minimum absolute atomic E-state index is 0.00381. The van der Waals surface area contributed by atoms with Crippen LogP contribution in [0.25, 0.3) is 11.6 Å². The first-order valence-electron chi connectivity index (χ1n) is 9.44. The first-order valence-corrected chi connectivity index (χ1v) is 9.44.